The molecule has 5 heteroatoms. The normalized spacial score (nSPS) is 17.8. The van der Waals surface area contributed by atoms with Crippen LogP contribution in [0.2, 0.25) is 5.02 Å². The van der Waals surface area contributed by atoms with Crippen molar-refractivity contribution < 1.29 is 9.47 Å². The minimum absolute atomic E-state index is 0.629. The lowest BCUT2D eigenvalue weighted by molar-refractivity contribution is 0.171. The van der Waals surface area contributed by atoms with Gasteiger partial charge in [0, 0.05) is 49.5 Å². The summed E-state index contributed by atoms with van der Waals surface area (Å²) < 4.78 is 11.3. The molecule has 0 spiro atoms. The van der Waals surface area contributed by atoms with Crippen molar-refractivity contribution in [1.29, 1.82) is 0 Å². The minimum Gasteiger partial charge on any atom is -0.486 e. The molecule has 0 amide bonds. The maximum Gasteiger partial charge on any atom is 0.163 e. The molecule has 1 saturated heterocycles. The molecule has 2 aromatic carbocycles. The zero-order chi connectivity index (χ0) is 16.4. The maximum atomic E-state index is 6.07. The Balaban J connectivity index is 1.37. The van der Waals surface area contributed by atoms with E-state index in [1.54, 1.807) is 0 Å². The summed E-state index contributed by atoms with van der Waals surface area (Å²) in [4.78, 5) is 4.88. The second-order valence-electron chi connectivity index (χ2n) is 6.22. The summed E-state index contributed by atoms with van der Waals surface area (Å²) in [6.45, 7) is 6.33. The maximum absolute atomic E-state index is 6.07. The molecule has 126 valence electrons. The first-order chi connectivity index (χ1) is 11.8. The lowest BCUT2D eigenvalue weighted by atomic mass is 10.2. The van der Waals surface area contributed by atoms with Crippen LogP contribution in [0.3, 0.4) is 0 Å². The van der Waals surface area contributed by atoms with Gasteiger partial charge in [-0.2, -0.15) is 0 Å². The Bertz CT molecular complexity index is 714. The second-order valence-corrected chi connectivity index (χ2v) is 6.66. The smallest absolute Gasteiger partial charge is 0.163 e. The molecule has 2 aromatic rings. The van der Waals surface area contributed by atoms with Crippen molar-refractivity contribution in [1.82, 2.24) is 4.90 Å². The molecular weight excluding hydrogens is 324 g/mol. The molecule has 0 bridgehead atoms. The fraction of sp³-hybridized carbons (Fsp3) is 0.368. The Morgan fingerprint density at radius 2 is 1.67 bits per heavy atom. The van der Waals surface area contributed by atoms with E-state index in [2.05, 4.69) is 34.1 Å². The van der Waals surface area contributed by atoms with Gasteiger partial charge in [-0.3, -0.25) is 4.90 Å². The van der Waals surface area contributed by atoms with E-state index in [-0.39, 0.29) is 0 Å². The molecule has 0 saturated carbocycles. The fourth-order valence-electron chi connectivity index (χ4n) is 3.29. The Labute approximate surface area is 147 Å². The van der Waals surface area contributed by atoms with Crippen molar-refractivity contribution in [2.75, 3.05) is 44.3 Å². The number of hydrogen-bond acceptors (Lipinski definition) is 4. The van der Waals surface area contributed by atoms with E-state index in [0.29, 0.717) is 13.2 Å². The van der Waals surface area contributed by atoms with Crippen molar-refractivity contribution in [2.45, 2.75) is 6.54 Å². The predicted octanol–water partition coefficient (Wildman–Crippen LogP) is 3.43. The summed E-state index contributed by atoms with van der Waals surface area (Å²) >= 11 is 6.07. The lowest BCUT2D eigenvalue weighted by Crippen LogP contribution is -2.46. The van der Waals surface area contributed by atoms with Gasteiger partial charge in [-0.15, -0.1) is 0 Å². The van der Waals surface area contributed by atoms with E-state index < -0.39 is 0 Å². The third-order valence-electron chi connectivity index (χ3n) is 4.56. The van der Waals surface area contributed by atoms with Crippen molar-refractivity contribution in [2.24, 2.45) is 0 Å². The average Bonchev–Trinajstić information content (AvgIpc) is 2.62. The monoisotopic (exact) mass is 344 g/mol. The van der Waals surface area contributed by atoms with Gasteiger partial charge in [0.05, 0.1) is 0 Å². The predicted molar refractivity (Wildman–Crippen MR) is 96.4 cm³/mol. The number of rotatable bonds is 3. The van der Waals surface area contributed by atoms with Gasteiger partial charge >= 0.3 is 0 Å². The molecule has 0 atom stereocenters. The molecule has 1 fully saturated rings. The molecule has 2 aliphatic rings. The summed E-state index contributed by atoms with van der Waals surface area (Å²) in [6, 6.07) is 14.4. The summed E-state index contributed by atoms with van der Waals surface area (Å²) in [7, 11) is 0. The Morgan fingerprint density at radius 3 is 2.46 bits per heavy atom. The highest BCUT2D eigenvalue weighted by Gasteiger charge is 2.19. The molecule has 0 radical (unpaired) electrons. The van der Waals surface area contributed by atoms with E-state index in [1.807, 2.05) is 18.2 Å². The number of ether oxygens (including phenoxy) is 2. The molecule has 4 nitrogen and oxygen atoms in total. The Morgan fingerprint density at radius 1 is 0.875 bits per heavy atom. The summed E-state index contributed by atoms with van der Waals surface area (Å²) in [6.07, 6.45) is 0. The van der Waals surface area contributed by atoms with Crippen molar-refractivity contribution in [3.8, 4) is 11.5 Å². The zero-order valence-corrected chi connectivity index (χ0v) is 14.3. The van der Waals surface area contributed by atoms with E-state index in [4.69, 9.17) is 21.1 Å². The second kappa shape index (κ2) is 6.91. The number of anilines is 1. The zero-order valence-electron chi connectivity index (χ0n) is 13.6. The van der Waals surface area contributed by atoms with Crippen LogP contribution in [-0.2, 0) is 6.54 Å². The van der Waals surface area contributed by atoms with Crippen LogP contribution in [0, 0.1) is 0 Å². The van der Waals surface area contributed by atoms with Crippen LogP contribution in [0.25, 0.3) is 0 Å². The van der Waals surface area contributed by atoms with Crippen LogP contribution in [0.15, 0.2) is 42.5 Å². The van der Waals surface area contributed by atoms with E-state index in [9.17, 15) is 0 Å². The van der Waals surface area contributed by atoms with Crippen molar-refractivity contribution >= 4 is 17.3 Å². The topological polar surface area (TPSA) is 24.9 Å². The van der Waals surface area contributed by atoms with E-state index >= 15 is 0 Å². The quantitative estimate of drug-likeness (QED) is 0.851. The number of halogens is 1. The molecule has 2 aliphatic heterocycles. The van der Waals surface area contributed by atoms with Gasteiger partial charge in [-0.1, -0.05) is 23.7 Å². The first-order valence-electron chi connectivity index (χ1n) is 8.39. The van der Waals surface area contributed by atoms with Crippen molar-refractivity contribution in [3.05, 3.63) is 53.1 Å². The van der Waals surface area contributed by atoms with Crippen molar-refractivity contribution in [3.63, 3.8) is 0 Å². The van der Waals surface area contributed by atoms with Gasteiger partial charge in [-0.05, 0) is 29.8 Å². The molecule has 0 aromatic heterocycles. The van der Waals surface area contributed by atoms with Crippen LogP contribution in [0.4, 0.5) is 5.69 Å². The standard InChI is InChI=1S/C19H21ClN2O2/c20-16-3-1-2-15(12-16)14-21-6-8-22(9-7-21)17-4-5-18-19(13-17)24-11-10-23-18/h1-5,12-13H,6-11,14H2. The first kappa shape index (κ1) is 15.6. The van der Waals surface area contributed by atoms with Crippen LogP contribution >= 0.6 is 11.6 Å². The number of hydrogen-bond donors (Lipinski definition) is 0. The number of benzene rings is 2. The molecule has 24 heavy (non-hydrogen) atoms. The van der Waals surface area contributed by atoms with Crippen LogP contribution < -0.4 is 14.4 Å². The van der Waals surface area contributed by atoms with Crippen LogP contribution in [-0.4, -0.2) is 44.3 Å². The number of fused-ring (bicyclic) bond motifs is 1. The number of piperazine rings is 1. The lowest BCUT2D eigenvalue weighted by Gasteiger charge is -2.36. The highest BCUT2D eigenvalue weighted by Crippen LogP contribution is 2.34. The number of nitrogens with zero attached hydrogens (tertiary/aromatic N) is 2. The molecule has 4 rings (SSSR count). The minimum atomic E-state index is 0.629. The third-order valence-corrected chi connectivity index (χ3v) is 4.79. The SMILES string of the molecule is Clc1cccc(CN2CCN(c3ccc4c(c3)OCCO4)CC2)c1. The van der Waals surface area contributed by atoms with Gasteiger partial charge in [0.1, 0.15) is 13.2 Å². The fourth-order valence-corrected chi connectivity index (χ4v) is 3.50. The molecule has 0 aliphatic carbocycles. The van der Waals surface area contributed by atoms with E-state index in [0.717, 1.165) is 49.2 Å². The Kier molecular flexibility index (Phi) is 4.50. The largest absolute Gasteiger partial charge is 0.486 e. The van der Waals surface area contributed by atoms with Gasteiger partial charge in [0.25, 0.3) is 0 Å². The highest BCUT2D eigenvalue weighted by molar-refractivity contribution is 6.30. The molecule has 0 N–H and O–H groups in total. The third kappa shape index (κ3) is 3.45. The van der Waals surface area contributed by atoms with Gasteiger partial charge < -0.3 is 14.4 Å². The van der Waals surface area contributed by atoms with Crippen LogP contribution in [0.5, 0.6) is 11.5 Å². The molecule has 2 heterocycles. The summed E-state index contributed by atoms with van der Waals surface area (Å²) in [5, 5.41) is 0.808. The van der Waals surface area contributed by atoms with Crippen LogP contribution in [0.1, 0.15) is 5.56 Å². The van der Waals surface area contributed by atoms with Gasteiger partial charge in [0.2, 0.25) is 0 Å². The first-order valence-corrected chi connectivity index (χ1v) is 8.77. The average molecular weight is 345 g/mol. The highest BCUT2D eigenvalue weighted by atomic mass is 35.5. The van der Waals surface area contributed by atoms with Gasteiger partial charge in [0.15, 0.2) is 11.5 Å². The Hall–Kier alpha value is -1.91. The molecular formula is C19H21ClN2O2. The summed E-state index contributed by atoms with van der Waals surface area (Å²) in [5.74, 6) is 1.71. The molecule has 0 unspecified atom stereocenters. The van der Waals surface area contributed by atoms with E-state index in [1.165, 1.54) is 11.3 Å². The van der Waals surface area contributed by atoms with Gasteiger partial charge in [-0.25, -0.2) is 0 Å². The summed E-state index contributed by atoms with van der Waals surface area (Å²) in [5.41, 5.74) is 2.48.